The normalized spacial score (nSPS) is 10.4. The fourth-order valence-corrected chi connectivity index (χ4v) is 1.64. The van der Waals surface area contributed by atoms with Crippen LogP contribution in [0.3, 0.4) is 0 Å². The van der Waals surface area contributed by atoms with Crippen LogP contribution in [0, 0.1) is 18.6 Å². The van der Waals surface area contributed by atoms with Crippen molar-refractivity contribution in [1.82, 2.24) is 0 Å². The molecule has 88 valence electrons. The number of anilines is 2. The molecule has 0 bridgehead atoms. The van der Waals surface area contributed by atoms with Crippen molar-refractivity contribution in [2.45, 2.75) is 6.92 Å². The molecule has 2 rings (SSSR count). The van der Waals surface area contributed by atoms with Crippen LogP contribution in [0.25, 0.3) is 0 Å². The number of benzene rings is 2. The molecule has 0 saturated carbocycles. The van der Waals surface area contributed by atoms with Gasteiger partial charge in [0.2, 0.25) is 0 Å². The number of aryl methyl sites for hydroxylation is 1. The van der Waals surface area contributed by atoms with Crippen LogP contribution in [0.1, 0.15) is 5.56 Å². The van der Waals surface area contributed by atoms with Crippen LogP contribution < -0.4 is 5.32 Å². The third-order valence-corrected chi connectivity index (χ3v) is 2.63. The third-order valence-electron chi connectivity index (χ3n) is 2.40. The molecule has 0 spiro atoms. The van der Waals surface area contributed by atoms with E-state index in [0.717, 1.165) is 23.8 Å². The highest BCUT2D eigenvalue weighted by molar-refractivity contribution is 6.30. The predicted octanol–water partition coefficient (Wildman–Crippen LogP) is 4.67. The Kier molecular flexibility index (Phi) is 3.29. The van der Waals surface area contributed by atoms with Gasteiger partial charge in [0.1, 0.15) is 11.6 Å². The van der Waals surface area contributed by atoms with E-state index in [2.05, 4.69) is 5.32 Å². The molecule has 2 aromatic rings. The van der Waals surface area contributed by atoms with Crippen molar-refractivity contribution in [2.75, 3.05) is 5.32 Å². The number of halogens is 3. The molecule has 2 aromatic carbocycles. The van der Waals surface area contributed by atoms with E-state index in [1.807, 2.05) is 13.0 Å². The van der Waals surface area contributed by atoms with Crippen molar-refractivity contribution < 1.29 is 8.78 Å². The molecular weight excluding hydrogens is 244 g/mol. The van der Waals surface area contributed by atoms with Gasteiger partial charge in [0.15, 0.2) is 0 Å². The quantitative estimate of drug-likeness (QED) is 0.820. The molecule has 0 saturated heterocycles. The maximum atomic E-state index is 13.4. The van der Waals surface area contributed by atoms with Crippen LogP contribution in [0.2, 0.25) is 5.02 Å². The Labute approximate surface area is 103 Å². The van der Waals surface area contributed by atoms with Crippen LogP contribution in [0.5, 0.6) is 0 Å². The second-order valence-corrected chi connectivity index (χ2v) is 4.14. The lowest BCUT2D eigenvalue weighted by atomic mass is 10.2. The van der Waals surface area contributed by atoms with Crippen molar-refractivity contribution in [3.8, 4) is 0 Å². The van der Waals surface area contributed by atoms with E-state index < -0.39 is 11.6 Å². The Balaban J connectivity index is 2.37. The van der Waals surface area contributed by atoms with Gasteiger partial charge in [-0.25, -0.2) is 8.78 Å². The number of nitrogens with one attached hydrogen (secondary N) is 1. The van der Waals surface area contributed by atoms with Crippen molar-refractivity contribution in [3.63, 3.8) is 0 Å². The zero-order valence-corrected chi connectivity index (χ0v) is 9.85. The summed E-state index contributed by atoms with van der Waals surface area (Å²) in [7, 11) is 0. The summed E-state index contributed by atoms with van der Waals surface area (Å²) >= 11 is 5.85. The molecule has 0 unspecified atom stereocenters. The highest BCUT2D eigenvalue weighted by Gasteiger charge is 2.06. The summed E-state index contributed by atoms with van der Waals surface area (Å²) in [6.07, 6.45) is 0. The average Bonchev–Trinajstić information content (AvgIpc) is 2.28. The number of rotatable bonds is 2. The summed E-state index contributed by atoms with van der Waals surface area (Å²) in [5.41, 5.74) is 1.65. The lowest BCUT2D eigenvalue weighted by Crippen LogP contribution is -1.96. The molecule has 1 nitrogen and oxygen atoms in total. The van der Waals surface area contributed by atoms with Crippen molar-refractivity contribution >= 4 is 23.0 Å². The lowest BCUT2D eigenvalue weighted by Gasteiger charge is -2.10. The maximum absolute atomic E-state index is 13.4. The molecule has 0 aliphatic carbocycles. The fraction of sp³-hybridized carbons (Fsp3) is 0.0769. The minimum atomic E-state index is -0.509. The molecule has 0 amide bonds. The second kappa shape index (κ2) is 4.72. The van der Waals surface area contributed by atoms with Gasteiger partial charge >= 0.3 is 0 Å². The standard InChI is InChI=1S/C13H10ClF2N/c1-8-2-3-9(14)6-12(8)17-13-7-10(15)4-5-11(13)16/h2-7,17H,1H3. The summed E-state index contributed by atoms with van der Waals surface area (Å²) in [5, 5.41) is 3.36. The highest BCUT2D eigenvalue weighted by Crippen LogP contribution is 2.26. The smallest absolute Gasteiger partial charge is 0.146 e. The zero-order chi connectivity index (χ0) is 12.4. The van der Waals surface area contributed by atoms with Crippen LogP contribution in [0.15, 0.2) is 36.4 Å². The van der Waals surface area contributed by atoms with Gasteiger partial charge < -0.3 is 5.32 Å². The van der Waals surface area contributed by atoms with E-state index in [4.69, 9.17) is 11.6 Å². The SMILES string of the molecule is Cc1ccc(Cl)cc1Nc1cc(F)ccc1F. The Morgan fingerprint density at radius 1 is 1.00 bits per heavy atom. The van der Waals surface area contributed by atoms with E-state index in [-0.39, 0.29) is 5.69 Å². The minimum absolute atomic E-state index is 0.0929. The first kappa shape index (κ1) is 11.9. The van der Waals surface area contributed by atoms with Gasteiger partial charge in [-0.15, -0.1) is 0 Å². The zero-order valence-electron chi connectivity index (χ0n) is 9.10. The summed E-state index contributed by atoms with van der Waals surface area (Å²) < 4.78 is 26.4. The van der Waals surface area contributed by atoms with Gasteiger partial charge in [0.25, 0.3) is 0 Å². The maximum Gasteiger partial charge on any atom is 0.146 e. The van der Waals surface area contributed by atoms with Crippen LogP contribution in [-0.2, 0) is 0 Å². The molecule has 0 heterocycles. The molecule has 0 fully saturated rings. The van der Waals surface area contributed by atoms with E-state index >= 15 is 0 Å². The van der Waals surface area contributed by atoms with E-state index in [1.165, 1.54) is 0 Å². The molecule has 1 N–H and O–H groups in total. The van der Waals surface area contributed by atoms with Gasteiger partial charge in [-0.2, -0.15) is 0 Å². The molecule has 17 heavy (non-hydrogen) atoms. The molecular formula is C13H10ClF2N. The summed E-state index contributed by atoms with van der Waals surface area (Å²) in [6, 6.07) is 8.48. The Hall–Kier alpha value is -1.61. The molecule has 0 atom stereocenters. The van der Waals surface area contributed by atoms with Gasteiger partial charge in [-0.3, -0.25) is 0 Å². The molecule has 0 radical (unpaired) electrons. The van der Waals surface area contributed by atoms with Gasteiger partial charge in [-0.05, 0) is 36.8 Å². The molecule has 0 aliphatic heterocycles. The Bertz CT molecular complexity index is 506. The van der Waals surface area contributed by atoms with E-state index in [1.54, 1.807) is 12.1 Å². The van der Waals surface area contributed by atoms with Crippen LogP contribution in [0.4, 0.5) is 20.2 Å². The first-order valence-electron chi connectivity index (χ1n) is 5.04. The summed E-state index contributed by atoms with van der Waals surface area (Å²) in [4.78, 5) is 0. The second-order valence-electron chi connectivity index (χ2n) is 3.71. The number of hydrogen-bond acceptors (Lipinski definition) is 1. The van der Waals surface area contributed by atoms with Crippen molar-refractivity contribution in [3.05, 3.63) is 58.6 Å². The third kappa shape index (κ3) is 2.74. The first-order chi connectivity index (χ1) is 8.06. The molecule has 0 aromatic heterocycles. The van der Waals surface area contributed by atoms with Crippen molar-refractivity contribution in [2.24, 2.45) is 0 Å². The summed E-state index contributed by atoms with van der Waals surface area (Å²) in [5.74, 6) is -1.00. The lowest BCUT2D eigenvalue weighted by molar-refractivity contribution is 0.603. The van der Waals surface area contributed by atoms with Crippen LogP contribution in [-0.4, -0.2) is 0 Å². The predicted molar refractivity (Wildman–Crippen MR) is 65.8 cm³/mol. The molecule has 0 aliphatic rings. The average molecular weight is 254 g/mol. The topological polar surface area (TPSA) is 12.0 Å². The fourth-order valence-electron chi connectivity index (χ4n) is 1.47. The highest BCUT2D eigenvalue weighted by atomic mass is 35.5. The first-order valence-corrected chi connectivity index (χ1v) is 5.42. The summed E-state index contributed by atoms with van der Waals surface area (Å²) in [6.45, 7) is 1.86. The number of hydrogen-bond donors (Lipinski definition) is 1. The van der Waals surface area contributed by atoms with Gasteiger partial charge in [-0.1, -0.05) is 17.7 Å². The van der Waals surface area contributed by atoms with Gasteiger partial charge in [0.05, 0.1) is 5.69 Å². The monoisotopic (exact) mass is 253 g/mol. The van der Waals surface area contributed by atoms with E-state index in [0.29, 0.717) is 10.7 Å². The molecule has 4 heteroatoms. The largest absolute Gasteiger partial charge is 0.353 e. The van der Waals surface area contributed by atoms with Gasteiger partial charge in [0, 0.05) is 16.8 Å². The van der Waals surface area contributed by atoms with Crippen LogP contribution >= 0.6 is 11.6 Å². The Morgan fingerprint density at radius 2 is 1.76 bits per heavy atom. The Morgan fingerprint density at radius 3 is 2.53 bits per heavy atom. The van der Waals surface area contributed by atoms with E-state index in [9.17, 15) is 8.78 Å². The minimum Gasteiger partial charge on any atom is -0.353 e. The van der Waals surface area contributed by atoms with Crippen molar-refractivity contribution in [1.29, 1.82) is 0 Å².